The van der Waals surface area contributed by atoms with Crippen LogP contribution in [0.15, 0.2) is 54.6 Å². The van der Waals surface area contributed by atoms with Gasteiger partial charge in [-0.05, 0) is 91.4 Å². The molecule has 1 heterocycles. The second kappa shape index (κ2) is 8.46. The van der Waals surface area contributed by atoms with Gasteiger partial charge in [0.25, 0.3) is 5.91 Å². The van der Waals surface area contributed by atoms with Crippen molar-refractivity contribution < 1.29 is 4.79 Å². The minimum atomic E-state index is -0.243. The van der Waals surface area contributed by atoms with Crippen molar-refractivity contribution in [3.63, 3.8) is 0 Å². The van der Waals surface area contributed by atoms with E-state index in [4.69, 9.17) is 17.2 Å². The van der Waals surface area contributed by atoms with Crippen LogP contribution >= 0.6 is 12.2 Å². The number of pyridine rings is 1. The third kappa shape index (κ3) is 3.70. The van der Waals surface area contributed by atoms with Crippen LogP contribution in [-0.2, 0) is 11.8 Å². The smallest absolute Gasteiger partial charge is 0.287 e. The number of aromatic nitrogens is 1. The molecule has 2 aromatic carbocycles. The van der Waals surface area contributed by atoms with Gasteiger partial charge in [0.2, 0.25) is 0 Å². The summed E-state index contributed by atoms with van der Waals surface area (Å²) in [5.41, 5.74) is 10.8. The van der Waals surface area contributed by atoms with Crippen molar-refractivity contribution in [2.24, 2.45) is 17.8 Å². The molecule has 4 nitrogen and oxygen atoms in total. The van der Waals surface area contributed by atoms with E-state index in [1.54, 1.807) is 0 Å². The number of nitrogens with one attached hydrogen (secondary N) is 2. The molecule has 4 saturated carbocycles. The first kappa shape index (κ1) is 21.7. The molecule has 0 aliphatic heterocycles. The first-order valence-corrected chi connectivity index (χ1v) is 13.0. The molecule has 0 unspecified atom stereocenters. The van der Waals surface area contributed by atoms with Crippen LogP contribution in [0.5, 0.6) is 0 Å². The van der Waals surface area contributed by atoms with Gasteiger partial charge in [0.15, 0.2) is 0 Å². The molecule has 4 aliphatic carbocycles. The number of hydrazine groups is 1. The molecule has 0 atom stereocenters. The van der Waals surface area contributed by atoms with Crippen LogP contribution < -0.4 is 10.9 Å². The largest absolute Gasteiger partial charge is 0.288 e. The molecule has 0 radical (unpaired) electrons. The summed E-state index contributed by atoms with van der Waals surface area (Å²) in [5, 5.41) is 1.21. The van der Waals surface area contributed by atoms with E-state index in [0.29, 0.717) is 10.7 Å². The van der Waals surface area contributed by atoms with Gasteiger partial charge < -0.3 is 0 Å². The molecule has 0 spiro atoms. The summed E-state index contributed by atoms with van der Waals surface area (Å²) >= 11 is 5.58. The van der Waals surface area contributed by atoms with E-state index in [-0.39, 0.29) is 11.3 Å². The number of carbonyl (C=O) groups excluding carboxylic acids is 1. The van der Waals surface area contributed by atoms with Crippen LogP contribution in [0.1, 0.15) is 72.6 Å². The molecule has 7 rings (SSSR count). The summed E-state index contributed by atoms with van der Waals surface area (Å²) in [6.07, 6.45) is 8.84. The number of para-hydroxylation sites is 1. The van der Waals surface area contributed by atoms with Gasteiger partial charge in [0.05, 0.1) is 5.52 Å². The number of thiocarbonyl (C=S) groups is 1. The summed E-state index contributed by atoms with van der Waals surface area (Å²) in [6, 6.07) is 18.4. The predicted octanol–water partition coefficient (Wildman–Crippen LogP) is 5.88. The van der Waals surface area contributed by atoms with Gasteiger partial charge in [-0.3, -0.25) is 15.6 Å². The minimum absolute atomic E-state index is 0.190. The summed E-state index contributed by atoms with van der Waals surface area (Å²) in [5.74, 6) is 2.28. The lowest BCUT2D eigenvalue weighted by Crippen LogP contribution is -2.48. The van der Waals surface area contributed by atoms with E-state index < -0.39 is 0 Å². The molecule has 174 valence electrons. The van der Waals surface area contributed by atoms with Crippen molar-refractivity contribution in [2.45, 2.75) is 57.3 Å². The third-order valence-corrected chi connectivity index (χ3v) is 8.81. The predicted molar refractivity (Wildman–Crippen MR) is 140 cm³/mol. The number of fused-ring (bicyclic) bond motifs is 1. The van der Waals surface area contributed by atoms with Crippen LogP contribution in [0, 0.1) is 17.8 Å². The maximum atomic E-state index is 13.3. The average Bonchev–Trinajstić information content (AvgIpc) is 2.85. The van der Waals surface area contributed by atoms with Crippen molar-refractivity contribution in [1.82, 2.24) is 15.8 Å². The van der Waals surface area contributed by atoms with Gasteiger partial charge >= 0.3 is 0 Å². The second-order valence-corrected chi connectivity index (χ2v) is 11.1. The maximum absolute atomic E-state index is 13.3. The highest BCUT2D eigenvalue weighted by atomic mass is 32.1. The summed E-state index contributed by atoms with van der Waals surface area (Å²) in [4.78, 5) is 18.5. The number of nitrogens with zero attached hydrogens (tertiary/aromatic N) is 1. The number of benzene rings is 2. The number of hydrogen-bond donors (Lipinski definition) is 2. The fraction of sp³-hybridized carbons (Fsp3) is 0.414. The van der Waals surface area contributed by atoms with Gasteiger partial charge in [0.1, 0.15) is 10.7 Å². The normalized spacial score (nSPS) is 27.0. The lowest BCUT2D eigenvalue weighted by Gasteiger charge is -2.57. The van der Waals surface area contributed by atoms with E-state index in [9.17, 15) is 4.79 Å². The molecule has 4 aliphatic rings. The Bertz CT molecular complexity index is 1250. The Morgan fingerprint density at radius 2 is 1.62 bits per heavy atom. The highest BCUT2D eigenvalue weighted by molar-refractivity contribution is 7.80. The summed E-state index contributed by atoms with van der Waals surface area (Å²) in [7, 11) is 0. The molecular formula is C29H31N3OS. The van der Waals surface area contributed by atoms with Crippen molar-refractivity contribution in [3.8, 4) is 0 Å². The van der Waals surface area contributed by atoms with E-state index in [2.05, 4.69) is 42.0 Å². The molecule has 1 amide bonds. The molecule has 4 bridgehead atoms. The Morgan fingerprint density at radius 1 is 0.971 bits per heavy atom. The lowest BCUT2D eigenvalue weighted by molar-refractivity contribution is -0.00454. The quantitative estimate of drug-likeness (QED) is 0.370. The topological polar surface area (TPSA) is 54.0 Å². The van der Waals surface area contributed by atoms with Crippen LogP contribution in [0.25, 0.3) is 10.9 Å². The van der Waals surface area contributed by atoms with Gasteiger partial charge in [-0.15, -0.1) is 0 Å². The Kier molecular flexibility index (Phi) is 5.40. The van der Waals surface area contributed by atoms with Crippen molar-refractivity contribution >= 4 is 34.0 Å². The first-order chi connectivity index (χ1) is 16.5. The van der Waals surface area contributed by atoms with E-state index in [0.717, 1.165) is 40.8 Å². The fourth-order valence-corrected chi connectivity index (χ4v) is 7.72. The minimum Gasteiger partial charge on any atom is -0.287 e. The number of hydrogen-bond acceptors (Lipinski definition) is 3. The number of amides is 1. The van der Waals surface area contributed by atoms with Crippen molar-refractivity contribution in [2.75, 3.05) is 0 Å². The highest BCUT2D eigenvalue weighted by Crippen LogP contribution is 2.61. The van der Waals surface area contributed by atoms with Crippen LogP contribution in [0.2, 0.25) is 0 Å². The molecule has 0 saturated heterocycles. The number of aryl methyl sites for hydroxylation is 1. The Morgan fingerprint density at radius 3 is 2.32 bits per heavy atom. The number of carbonyl (C=O) groups is 1. The molecular weight excluding hydrogens is 438 g/mol. The molecule has 2 N–H and O–H groups in total. The fourth-order valence-electron chi connectivity index (χ4n) is 7.47. The zero-order valence-electron chi connectivity index (χ0n) is 19.6. The Balaban J connectivity index is 1.31. The van der Waals surface area contributed by atoms with Gasteiger partial charge in [0, 0.05) is 10.9 Å². The van der Waals surface area contributed by atoms with Crippen molar-refractivity contribution in [3.05, 3.63) is 77.0 Å². The molecule has 5 heteroatoms. The Hall–Kier alpha value is -2.79. The Labute approximate surface area is 206 Å². The van der Waals surface area contributed by atoms with Gasteiger partial charge in [-0.25, -0.2) is 4.98 Å². The van der Waals surface area contributed by atoms with Gasteiger partial charge in [-0.2, -0.15) is 0 Å². The summed E-state index contributed by atoms with van der Waals surface area (Å²) < 4.78 is 0. The molecule has 34 heavy (non-hydrogen) atoms. The highest BCUT2D eigenvalue weighted by Gasteiger charge is 2.52. The monoisotopic (exact) mass is 469 g/mol. The molecule has 3 aromatic rings. The van der Waals surface area contributed by atoms with Crippen molar-refractivity contribution in [1.29, 1.82) is 0 Å². The standard InChI is InChI=1S/C29H31N3OS/c1-2-21-7-3-4-8-22(21)28(34)32-31-27(33)26-14-24(23-9-5-6-10-25(23)30-26)29-15-18-11-19(16-29)13-20(12-18)17-29/h3-10,14,18-20H,2,11-13,15-17H2,1H3,(H,31,33)(H,32,34). The first-order valence-electron chi connectivity index (χ1n) is 12.6. The van der Waals surface area contributed by atoms with Crippen LogP contribution in [0.4, 0.5) is 0 Å². The van der Waals surface area contributed by atoms with Crippen LogP contribution in [0.3, 0.4) is 0 Å². The van der Waals surface area contributed by atoms with Gasteiger partial charge in [-0.1, -0.05) is 61.6 Å². The van der Waals surface area contributed by atoms with E-state index in [1.165, 1.54) is 49.5 Å². The molecule has 1 aromatic heterocycles. The zero-order valence-corrected chi connectivity index (χ0v) is 20.5. The second-order valence-electron chi connectivity index (χ2n) is 10.7. The van der Waals surface area contributed by atoms with E-state index in [1.807, 2.05) is 30.3 Å². The average molecular weight is 470 g/mol. The third-order valence-electron chi connectivity index (χ3n) is 8.49. The van der Waals surface area contributed by atoms with Crippen LogP contribution in [-0.4, -0.2) is 15.9 Å². The SMILES string of the molecule is CCc1ccccc1C(=S)NNC(=O)c1cc(C23CC4CC(CC(C4)C2)C3)c2ccccc2n1. The number of rotatable bonds is 4. The summed E-state index contributed by atoms with van der Waals surface area (Å²) in [6.45, 7) is 2.10. The molecule has 4 fully saturated rings. The zero-order chi connectivity index (χ0) is 23.3. The lowest BCUT2D eigenvalue weighted by atomic mass is 9.48. The maximum Gasteiger partial charge on any atom is 0.288 e. The van der Waals surface area contributed by atoms with E-state index >= 15 is 0 Å².